The maximum atomic E-state index is 11.5. The Hall–Kier alpha value is -1.76. The highest BCUT2D eigenvalue weighted by atomic mass is 32.2. The zero-order valence-corrected chi connectivity index (χ0v) is 10.4. The normalized spacial score (nSPS) is 11.0. The molecule has 0 amide bonds. The van der Waals surface area contributed by atoms with Gasteiger partial charge < -0.3 is 5.73 Å². The number of hydrogen-bond acceptors (Lipinski definition) is 5. The molecule has 2 aromatic rings. The van der Waals surface area contributed by atoms with Gasteiger partial charge in [0.15, 0.2) is 5.16 Å². The number of nitrogens with zero attached hydrogens (tertiary/aromatic N) is 3. The number of nitrogens with two attached hydrogens (primary N) is 1. The highest BCUT2D eigenvalue weighted by Crippen LogP contribution is 2.28. The van der Waals surface area contributed by atoms with Gasteiger partial charge in [0.05, 0.1) is 5.69 Å². The fourth-order valence-electron chi connectivity index (χ4n) is 1.39. The van der Waals surface area contributed by atoms with E-state index >= 15 is 0 Å². The van der Waals surface area contributed by atoms with E-state index in [4.69, 9.17) is 5.73 Å². The van der Waals surface area contributed by atoms with E-state index in [1.807, 2.05) is 13.8 Å². The van der Waals surface area contributed by atoms with Crippen molar-refractivity contribution in [3.05, 3.63) is 28.8 Å². The van der Waals surface area contributed by atoms with Gasteiger partial charge in [0, 0.05) is 12.2 Å². The van der Waals surface area contributed by atoms with Crippen LogP contribution in [0, 0.1) is 0 Å². The van der Waals surface area contributed by atoms with E-state index < -0.39 is 0 Å². The number of H-pyrrole nitrogens is 1. The molecule has 0 aliphatic heterocycles. The lowest BCUT2D eigenvalue weighted by Crippen LogP contribution is -2.19. The molecule has 3 N–H and O–H groups in total. The highest BCUT2D eigenvalue weighted by Gasteiger charge is 2.14. The third kappa shape index (κ3) is 2.33. The van der Waals surface area contributed by atoms with E-state index in [1.54, 1.807) is 22.9 Å². The molecule has 0 fully saturated rings. The number of nitrogens with one attached hydrogen (secondary N) is 1. The second kappa shape index (κ2) is 4.62. The molecule has 0 spiro atoms. The van der Waals surface area contributed by atoms with Crippen LogP contribution in [0.3, 0.4) is 0 Å². The van der Waals surface area contributed by atoms with Gasteiger partial charge in [-0.2, -0.15) is 0 Å². The molecule has 0 radical (unpaired) electrons. The van der Waals surface area contributed by atoms with Gasteiger partial charge in [-0.15, -0.1) is 5.10 Å². The molecule has 0 saturated carbocycles. The van der Waals surface area contributed by atoms with Crippen molar-refractivity contribution in [2.45, 2.75) is 30.1 Å². The first kappa shape index (κ1) is 11.7. The Morgan fingerprint density at radius 2 is 2.29 bits per heavy atom. The number of aromatic nitrogens is 4. The molecule has 90 valence electrons. The molecule has 2 aromatic heterocycles. The molecule has 2 heterocycles. The summed E-state index contributed by atoms with van der Waals surface area (Å²) in [4.78, 5) is 15.7. The molecule has 0 aromatic carbocycles. The minimum absolute atomic E-state index is 0.0358. The van der Waals surface area contributed by atoms with Crippen LogP contribution < -0.4 is 11.4 Å². The minimum Gasteiger partial charge on any atom is -0.397 e. The monoisotopic (exact) mass is 251 g/mol. The molecule has 17 heavy (non-hydrogen) atoms. The standard InChI is InChI=1S/C10H13N5OS/c1-6(2)15-9(16)13-14-10(15)17-8-7(11)4-3-5-12-8/h3-6H,11H2,1-2H3,(H,13,16). The summed E-state index contributed by atoms with van der Waals surface area (Å²) >= 11 is 1.27. The van der Waals surface area contributed by atoms with Crippen LogP contribution >= 0.6 is 11.8 Å². The van der Waals surface area contributed by atoms with Crippen molar-refractivity contribution in [1.29, 1.82) is 0 Å². The molecule has 6 nitrogen and oxygen atoms in total. The Bertz CT molecular complexity index is 574. The van der Waals surface area contributed by atoms with Crippen LogP contribution in [0.5, 0.6) is 0 Å². The zero-order valence-electron chi connectivity index (χ0n) is 9.54. The Morgan fingerprint density at radius 1 is 1.53 bits per heavy atom. The van der Waals surface area contributed by atoms with Gasteiger partial charge >= 0.3 is 5.69 Å². The number of anilines is 1. The van der Waals surface area contributed by atoms with Gasteiger partial charge in [-0.25, -0.2) is 14.9 Å². The summed E-state index contributed by atoms with van der Waals surface area (Å²) < 4.78 is 1.57. The molecule has 0 unspecified atom stereocenters. The van der Waals surface area contributed by atoms with Crippen molar-refractivity contribution in [3.8, 4) is 0 Å². The van der Waals surface area contributed by atoms with E-state index in [0.717, 1.165) is 0 Å². The Morgan fingerprint density at radius 3 is 2.94 bits per heavy atom. The predicted molar refractivity (Wildman–Crippen MR) is 66.0 cm³/mol. The quantitative estimate of drug-likeness (QED) is 0.857. The predicted octanol–water partition coefficient (Wildman–Crippen LogP) is 1.28. The van der Waals surface area contributed by atoms with E-state index in [0.29, 0.717) is 15.9 Å². The van der Waals surface area contributed by atoms with Gasteiger partial charge in [0.2, 0.25) is 0 Å². The Labute approximate surface area is 102 Å². The summed E-state index contributed by atoms with van der Waals surface area (Å²) in [6.07, 6.45) is 1.66. The average Bonchev–Trinajstić information content (AvgIpc) is 2.63. The highest BCUT2D eigenvalue weighted by molar-refractivity contribution is 7.99. The molecule has 2 rings (SSSR count). The molecular weight excluding hydrogens is 238 g/mol. The molecule has 0 atom stereocenters. The van der Waals surface area contributed by atoms with Crippen molar-refractivity contribution >= 4 is 17.4 Å². The molecule has 7 heteroatoms. The largest absolute Gasteiger partial charge is 0.397 e. The molecule has 0 aliphatic carbocycles. The van der Waals surface area contributed by atoms with Crippen molar-refractivity contribution in [3.63, 3.8) is 0 Å². The summed E-state index contributed by atoms with van der Waals surface area (Å²) in [5.41, 5.74) is 6.14. The lowest BCUT2D eigenvalue weighted by Gasteiger charge is -2.08. The smallest absolute Gasteiger partial charge is 0.344 e. The van der Waals surface area contributed by atoms with Crippen LogP contribution in [0.2, 0.25) is 0 Å². The van der Waals surface area contributed by atoms with Crippen molar-refractivity contribution in [1.82, 2.24) is 19.7 Å². The number of aromatic amines is 1. The summed E-state index contributed by atoms with van der Waals surface area (Å²) in [5, 5.41) is 7.60. The first-order valence-electron chi connectivity index (χ1n) is 5.15. The van der Waals surface area contributed by atoms with Crippen LogP contribution in [0.1, 0.15) is 19.9 Å². The van der Waals surface area contributed by atoms with Crippen molar-refractivity contribution in [2.75, 3.05) is 5.73 Å². The first-order valence-corrected chi connectivity index (χ1v) is 5.96. The third-order valence-corrected chi connectivity index (χ3v) is 3.18. The summed E-state index contributed by atoms with van der Waals surface area (Å²) in [6.45, 7) is 3.84. The van der Waals surface area contributed by atoms with Gasteiger partial charge in [-0.3, -0.25) is 4.57 Å². The van der Waals surface area contributed by atoms with Crippen LogP contribution in [0.15, 0.2) is 33.3 Å². The van der Waals surface area contributed by atoms with Gasteiger partial charge in [0.25, 0.3) is 0 Å². The first-order chi connectivity index (χ1) is 8.09. The fraction of sp³-hybridized carbons (Fsp3) is 0.300. The minimum atomic E-state index is -0.225. The SMILES string of the molecule is CC(C)n1c(Sc2ncccc2N)n[nH]c1=O. The summed E-state index contributed by atoms with van der Waals surface area (Å²) in [7, 11) is 0. The lowest BCUT2D eigenvalue weighted by atomic mass is 10.4. The third-order valence-electron chi connectivity index (χ3n) is 2.18. The number of pyridine rings is 1. The summed E-state index contributed by atoms with van der Waals surface area (Å²) in [6, 6.07) is 3.56. The summed E-state index contributed by atoms with van der Waals surface area (Å²) in [5.74, 6) is 0. The van der Waals surface area contributed by atoms with E-state index in [9.17, 15) is 4.79 Å². The topological polar surface area (TPSA) is 89.6 Å². The van der Waals surface area contributed by atoms with Crippen molar-refractivity contribution in [2.24, 2.45) is 0 Å². The zero-order chi connectivity index (χ0) is 12.4. The fourth-order valence-corrected chi connectivity index (χ4v) is 2.35. The van der Waals surface area contributed by atoms with E-state index in [1.165, 1.54) is 11.8 Å². The molecule has 0 bridgehead atoms. The molecule has 0 saturated heterocycles. The van der Waals surface area contributed by atoms with E-state index in [2.05, 4.69) is 15.2 Å². The van der Waals surface area contributed by atoms with Crippen molar-refractivity contribution < 1.29 is 0 Å². The van der Waals surface area contributed by atoms with Gasteiger partial charge in [-0.05, 0) is 37.7 Å². The van der Waals surface area contributed by atoms with Crippen LogP contribution in [-0.2, 0) is 0 Å². The van der Waals surface area contributed by atoms with Crippen LogP contribution in [-0.4, -0.2) is 19.7 Å². The number of rotatable bonds is 3. The maximum Gasteiger partial charge on any atom is 0.344 e. The number of nitrogen functional groups attached to an aromatic ring is 1. The number of hydrogen-bond donors (Lipinski definition) is 2. The lowest BCUT2D eigenvalue weighted by molar-refractivity contribution is 0.534. The van der Waals surface area contributed by atoms with E-state index in [-0.39, 0.29) is 11.7 Å². The van der Waals surface area contributed by atoms with Gasteiger partial charge in [-0.1, -0.05) is 0 Å². The van der Waals surface area contributed by atoms with Gasteiger partial charge in [0.1, 0.15) is 5.03 Å². The Balaban J connectivity index is 2.37. The average molecular weight is 251 g/mol. The van der Waals surface area contributed by atoms with Crippen LogP contribution in [0.25, 0.3) is 0 Å². The second-order valence-corrected chi connectivity index (χ2v) is 4.73. The maximum absolute atomic E-state index is 11.5. The second-order valence-electron chi connectivity index (χ2n) is 3.77. The Kier molecular flexibility index (Phi) is 3.19. The molecular formula is C10H13N5OS. The van der Waals surface area contributed by atoms with Crippen LogP contribution in [0.4, 0.5) is 5.69 Å². The molecule has 0 aliphatic rings.